The Bertz CT molecular complexity index is 462. The van der Waals surface area contributed by atoms with Gasteiger partial charge in [0.15, 0.2) is 0 Å². The highest BCUT2D eigenvalue weighted by Crippen LogP contribution is 2.63. The van der Waals surface area contributed by atoms with Gasteiger partial charge >= 0.3 is 18.0 Å². The molecule has 0 radical (unpaired) electrons. The molecule has 3 aliphatic rings. The maximum Gasteiger partial charge on any atom is 0.437 e. The summed E-state index contributed by atoms with van der Waals surface area (Å²) in [4.78, 5) is 0. The largest absolute Gasteiger partial charge is 0.477 e. The molecule has 0 amide bonds. The van der Waals surface area contributed by atoms with Gasteiger partial charge < -0.3 is 4.74 Å². The zero-order valence-electron chi connectivity index (χ0n) is 13.3. The molecule has 0 aliphatic heterocycles. The molecule has 0 spiro atoms. The lowest BCUT2D eigenvalue weighted by molar-refractivity contribution is -0.394. The molecule has 0 aromatic heterocycles. The molecule has 24 heavy (non-hydrogen) atoms. The lowest BCUT2D eigenvalue weighted by Crippen LogP contribution is -2.66. The summed E-state index contributed by atoms with van der Waals surface area (Å²) in [6, 6.07) is 0. The van der Waals surface area contributed by atoms with Gasteiger partial charge in [0.05, 0.1) is 6.26 Å². The fourth-order valence-corrected chi connectivity index (χ4v) is 5.89. The maximum atomic E-state index is 13.7. The summed E-state index contributed by atoms with van der Waals surface area (Å²) in [6.45, 7) is 2.99. The number of hydrogen-bond donors (Lipinski definition) is 0. The highest BCUT2D eigenvalue weighted by atomic mass is 19.4. The molecule has 138 valence electrons. The van der Waals surface area contributed by atoms with Crippen LogP contribution in [-0.4, -0.2) is 18.0 Å². The summed E-state index contributed by atoms with van der Waals surface area (Å²) in [5.41, 5.74) is -4.14. The van der Waals surface area contributed by atoms with E-state index in [-0.39, 0.29) is 24.2 Å². The smallest absolute Gasteiger partial charge is 0.437 e. The average Bonchev–Trinajstić information content (AvgIpc) is 2.88. The van der Waals surface area contributed by atoms with Crippen molar-refractivity contribution in [3.8, 4) is 0 Å². The molecule has 0 aromatic carbocycles. The Balaban J connectivity index is 2.05. The maximum absolute atomic E-state index is 13.7. The summed E-state index contributed by atoms with van der Waals surface area (Å²) in [7, 11) is 0. The summed E-state index contributed by atoms with van der Waals surface area (Å²) < 4.78 is 86.7. The number of hydrogen-bond acceptors (Lipinski definition) is 1. The van der Waals surface area contributed by atoms with E-state index < -0.39 is 29.8 Å². The van der Waals surface area contributed by atoms with Crippen molar-refractivity contribution in [2.75, 3.05) is 0 Å². The molecule has 3 rings (SSSR count). The van der Waals surface area contributed by atoms with E-state index >= 15 is 0 Å². The molecule has 1 nitrogen and oxygen atoms in total. The minimum absolute atomic E-state index is 0.0185. The third kappa shape index (κ3) is 2.45. The highest BCUT2D eigenvalue weighted by Gasteiger charge is 2.78. The molecule has 0 N–H and O–H groups in total. The van der Waals surface area contributed by atoms with Crippen molar-refractivity contribution in [2.24, 2.45) is 29.6 Å². The Morgan fingerprint density at radius 2 is 1.33 bits per heavy atom. The Morgan fingerprint density at radius 3 is 1.88 bits per heavy atom. The fraction of sp³-hybridized carbons (Fsp3) is 0.882. The summed E-state index contributed by atoms with van der Waals surface area (Å²) >= 11 is 0. The Morgan fingerprint density at radius 1 is 0.792 bits per heavy atom. The highest BCUT2D eigenvalue weighted by molar-refractivity contribution is 5.09. The molecule has 0 aromatic rings. The van der Waals surface area contributed by atoms with Crippen LogP contribution in [0.3, 0.4) is 0 Å². The van der Waals surface area contributed by atoms with Gasteiger partial charge in [-0.25, -0.2) is 0 Å². The topological polar surface area (TPSA) is 9.23 Å². The van der Waals surface area contributed by atoms with Crippen LogP contribution in [0, 0.1) is 29.6 Å². The first-order valence-corrected chi connectivity index (χ1v) is 8.55. The first kappa shape index (κ1) is 17.9. The van der Waals surface area contributed by atoms with Gasteiger partial charge in [-0.15, -0.1) is 0 Å². The van der Waals surface area contributed by atoms with Crippen molar-refractivity contribution in [2.45, 2.75) is 62.9 Å². The van der Waals surface area contributed by atoms with Crippen molar-refractivity contribution >= 4 is 0 Å². The number of halogens is 6. The molecule has 3 fully saturated rings. The van der Waals surface area contributed by atoms with Crippen LogP contribution in [0.2, 0.25) is 0 Å². The van der Waals surface area contributed by atoms with Gasteiger partial charge in [0.2, 0.25) is 0 Å². The van der Waals surface area contributed by atoms with Gasteiger partial charge in [-0.05, 0) is 55.8 Å². The predicted octanol–water partition coefficient (Wildman–Crippen LogP) is 5.86. The van der Waals surface area contributed by atoms with Crippen molar-refractivity contribution < 1.29 is 31.1 Å². The van der Waals surface area contributed by atoms with Crippen LogP contribution < -0.4 is 0 Å². The fourth-order valence-electron chi connectivity index (χ4n) is 5.89. The Labute approximate surface area is 137 Å². The lowest BCUT2D eigenvalue weighted by Gasteiger charge is -2.52. The van der Waals surface area contributed by atoms with Gasteiger partial charge in [0.1, 0.15) is 0 Å². The van der Waals surface area contributed by atoms with Crippen LogP contribution in [0.4, 0.5) is 26.3 Å². The number of ether oxygens (including phenoxy) is 1. The third-order valence-electron chi connectivity index (χ3n) is 6.60. The van der Waals surface area contributed by atoms with Crippen molar-refractivity contribution in [3.63, 3.8) is 0 Å². The van der Waals surface area contributed by atoms with E-state index in [0.717, 1.165) is 19.3 Å². The Kier molecular flexibility index (Phi) is 4.36. The first-order chi connectivity index (χ1) is 11.1. The molecule has 0 bridgehead atoms. The lowest BCUT2D eigenvalue weighted by atomic mass is 9.56. The second-order valence-corrected chi connectivity index (χ2v) is 7.47. The minimum Gasteiger partial charge on any atom is -0.477 e. The molecule has 3 aliphatic carbocycles. The second kappa shape index (κ2) is 5.84. The van der Waals surface area contributed by atoms with Crippen LogP contribution in [0.15, 0.2) is 12.8 Å². The molecule has 0 saturated heterocycles. The average molecular weight is 356 g/mol. The van der Waals surface area contributed by atoms with Crippen molar-refractivity contribution in [3.05, 3.63) is 12.8 Å². The van der Waals surface area contributed by atoms with E-state index in [1.165, 1.54) is 0 Å². The summed E-state index contributed by atoms with van der Waals surface area (Å²) in [6.07, 6.45) is -6.48. The van der Waals surface area contributed by atoms with Crippen LogP contribution >= 0.6 is 0 Å². The van der Waals surface area contributed by atoms with Crippen LogP contribution in [0.5, 0.6) is 0 Å². The van der Waals surface area contributed by atoms with Gasteiger partial charge in [0, 0.05) is 5.92 Å². The van der Waals surface area contributed by atoms with Crippen LogP contribution in [0.1, 0.15) is 44.9 Å². The van der Waals surface area contributed by atoms with Crippen molar-refractivity contribution in [1.82, 2.24) is 0 Å². The summed E-state index contributed by atoms with van der Waals surface area (Å²) in [5.74, 6) is -1.63. The zero-order chi connectivity index (χ0) is 17.8. The van der Waals surface area contributed by atoms with Crippen LogP contribution in [0.25, 0.3) is 0 Å². The first-order valence-electron chi connectivity index (χ1n) is 8.55. The van der Waals surface area contributed by atoms with E-state index in [1.54, 1.807) is 0 Å². The van der Waals surface area contributed by atoms with E-state index in [1.807, 2.05) is 0 Å². The quantitative estimate of drug-likeness (QED) is 0.454. The van der Waals surface area contributed by atoms with E-state index in [4.69, 9.17) is 0 Å². The second-order valence-electron chi connectivity index (χ2n) is 7.47. The van der Waals surface area contributed by atoms with Gasteiger partial charge in [-0.1, -0.05) is 19.4 Å². The number of alkyl halides is 6. The SMILES string of the molecule is C=COC(C1CCC2CCC3CCCC1C32)(C(F)(F)F)C(F)(F)F. The van der Waals surface area contributed by atoms with Crippen molar-refractivity contribution in [1.29, 1.82) is 0 Å². The molecule has 7 heteroatoms. The Hall–Kier alpha value is -0.880. The van der Waals surface area contributed by atoms with Gasteiger partial charge in [0.25, 0.3) is 0 Å². The molecular weight excluding hydrogens is 334 g/mol. The monoisotopic (exact) mass is 356 g/mol. The minimum atomic E-state index is -5.53. The molecule has 5 unspecified atom stereocenters. The zero-order valence-corrected chi connectivity index (χ0v) is 13.3. The number of rotatable bonds is 3. The third-order valence-corrected chi connectivity index (χ3v) is 6.60. The van der Waals surface area contributed by atoms with E-state index in [0.29, 0.717) is 25.5 Å². The van der Waals surface area contributed by atoms with Gasteiger partial charge in [-0.3, -0.25) is 0 Å². The summed E-state index contributed by atoms with van der Waals surface area (Å²) in [5, 5.41) is 0. The van der Waals surface area contributed by atoms with E-state index in [2.05, 4.69) is 11.3 Å². The standard InChI is InChI=1S/C17H22F6O/c1-2-24-15(16(18,19)20,17(21,22)23)13-9-8-11-7-6-10-4-3-5-12(13)14(10)11/h2,10-14H,1,3-9H2. The molecule has 5 atom stereocenters. The normalized spacial score (nSPS) is 37.0. The van der Waals surface area contributed by atoms with Gasteiger partial charge in [-0.2, -0.15) is 26.3 Å². The predicted molar refractivity (Wildman–Crippen MR) is 75.9 cm³/mol. The molecule has 0 heterocycles. The molecule has 3 saturated carbocycles. The molecular formula is C17H22F6O. The van der Waals surface area contributed by atoms with Crippen LogP contribution in [-0.2, 0) is 4.74 Å². The van der Waals surface area contributed by atoms with E-state index in [9.17, 15) is 26.3 Å².